The molecule has 1 aliphatic rings. The van der Waals surface area contributed by atoms with Gasteiger partial charge >= 0.3 is 0 Å². The highest BCUT2D eigenvalue weighted by Crippen LogP contribution is 2.27. The monoisotopic (exact) mass is 394 g/mol. The molecule has 1 aliphatic heterocycles. The van der Waals surface area contributed by atoms with E-state index in [1.165, 1.54) is 0 Å². The van der Waals surface area contributed by atoms with Gasteiger partial charge in [-0.1, -0.05) is 36.7 Å². The van der Waals surface area contributed by atoms with Crippen molar-refractivity contribution in [1.29, 1.82) is 0 Å². The molecule has 1 N–H and O–H groups in total. The molecule has 1 heterocycles. The number of benzene rings is 2. The minimum Gasteiger partial charge on any atom is -0.371 e. The molecule has 2 aromatic rings. The Bertz CT molecular complexity index is 869. The highest BCUT2D eigenvalue weighted by molar-refractivity contribution is 7.92. The van der Waals surface area contributed by atoms with Gasteiger partial charge in [-0.2, -0.15) is 0 Å². The minimum absolute atomic E-state index is 0.0181. The molecule has 2 aromatic carbocycles. The van der Waals surface area contributed by atoms with E-state index < -0.39 is 10.0 Å². The number of morpholine rings is 1. The van der Waals surface area contributed by atoms with Crippen LogP contribution in [0.1, 0.15) is 24.2 Å². The molecular weight excluding hydrogens is 372 g/mol. The molecule has 140 valence electrons. The Morgan fingerprint density at radius 3 is 2.65 bits per heavy atom. The van der Waals surface area contributed by atoms with Crippen LogP contribution in [0.5, 0.6) is 0 Å². The third-order valence-corrected chi connectivity index (χ3v) is 6.58. The molecule has 0 spiro atoms. The molecule has 0 saturated carbocycles. The summed E-state index contributed by atoms with van der Waals surface area (Å²) in [4.78, 5) is 2.52. The molecule has 0 aliphatic carbocycles. The standard InChI is InChI=1S/C19H23ClN2O3S/c1-3-22-11-12-25-18(13-22)15-7-9-16(10-8-15)21-26(23,24)19-6-4-5-17(20)14(19)2/h4-10,18,21H,3,11-13H2,1-2H3. The van der Waals surface area contributed by atoms with Crippen LogP contribution >= 0.6 is 11.6 Å². The molecule has 1 saturated heterocycles. The number of anilines is 1. The average Bonchev–Trinajstić information content (AvgIpc) is 2.64. The molecule has 5 nitrogen and oxygen atoms in total. The number of ether oxygens (including phenoxy) is 1. The highest BCUT2D eigenvalue weighted by atomic mass is 35.5. The molecule has 1 atom stereocenters. The Morgan fingerprint density at radius 2 is 1.96 bits per heavy atom. The Balaban J connectivity index is 1.76. The first kappa shape index (κ1) is 19.2. The van der Waals surface area contributed by atoms with Gasteiger partial charge in [-0.05, 0) is 48.9 Å². The maximum absolute atomic E-state index is 12.6. The first-order valence-corrected chi connectivity index (χ1v) is 10.5. The second kappa shape index (κ2) is 7.96. The molecule has 26 heavy (non-hydrogen) atoms. The van der Waals surface area contributed by atoms with E-state index in [2.05, 4.69) is 16.5 Å². The van der Waals surface area contributed by atoms with E-state index in [-0.39, 0.29) is 11.0 Å². The predicted octanol–water partition coefficient (Wildman–Crippen LogP) is 3.84. The summed E-state index contributed by atoms with van der Waals surface area (Å²) in [7, 11) is -3.69. The average molecular weight is 395 g/mol. The van der Waals surface area contributed by atoms with Crippen LogP contribution in [0.15, 0.2) is 47.4 Å². The summed E-state index contributed by atoms with van der Waals surface area (Å²) in [5, 5.41) is 0.429. The zero-order chi connectivity index (χ0) is 18.7. The first-order chi connectivity index (χ1) is 12.4. The Kier molecular flexibility index (Phi) is 5.87. The molecule has 0 amide bonds. The van der Waals surface area contributed by atoms with Crippen molar-refractivity contribution >= 4 is 27.3 Å². The summed E-state index contributed by atoms with van der Waals surface area (Å²) >= 11 is 6.04. The van der Waals surface area contributed by atoms with E-state index >= 15 is 0 Å². The predicted molar refractivity (Wildman–Crippen MR) is 104 cm³/mol. The lowest BCUT2D eigenvalue weighted by atomic mass is 10.1. The summed E-state index contributed by atoms with van der Waals surface area (Å²) in [6.07, 6.45) is 0.0181. The summed E-state index contributed by atoms with van der Waals surface area (Å²) in [6.45, 7) is 7.34. The summed E-state index contributed by atoms with van der Waals surface area (Å²) in [5.74, 6) is 0. The fraction of sp³-hybridized carbons (Fsp3) is 0.368. The van der Waals surface area contributed by atoms with E-state index in [1.807, 2.05) is 12.1 Å². The van der Waals surface area contributed by atoms with E-state index in [9.17, 15) is 8.42 Å². The van der Waals surface area contributed by atoms with Crippen molar-refractivity contribution in [3.63, 3.8) is 0 Å². The van der Waals surface area contributed by atoms with Gasteiger partial charge < -0.3 is 4.74 Å². The molecular formula is C19H23ClN2O3S. The van der Waals surface area contributed by atoms with Crippen LogP contribution in [0.3, 0.4) is 0 Å². The third-order valence-electron chi connectivity index (χ3n) is 4.64. The van der Waals surface area contributed by atoms with Gasteiger partial charge in [0.1, 0.15) is 0 Å². The van der Waals surface area contributed by atoms with E-state index in [1.54, 1.807) is 37.3 Å². The second-order valence-corrected chi connectivity index (χ2v) is 8.40. The molecule has 1 fully saturated rings. The number of sulfonamides is 1. The highest BCUT2D eigenvalue weighted by Gasteiger charge is 2.22. The van der Waals surface area contributed by atoms with Gasteiger partial charge in [0.15, 0.2) is 0 Å². The molecule has 7 heteroatoms. The van der Waals surface area contributed by atoms with Crippen molar-refractivity contribution in [3.05, 3.63) is 58.6 Å². The van der Waals surface area contributed by atoms with Crippen molar-refractivity contribution in [1.82, 2.24) is 4.90 Å². The van der Waals surface area contributed by atoms with Gasteiger partial charge in [-0.15, -0.1) is 0 Å². The lowest BCUT2D eigenvalue weighted by Gasteiger charge is -2.32. The molecule has 3 rings (SSSR count). The van der Waals surface area contributed by atoms with Crippen LogP contribution in [0.2, 0.25) is 5.02 Å². The second-order valence-electron chi connectivity index (χ2n) is 6.34. The summed E-state index contributed by atoms with van der Waals surface area (Å²) < 4.78 is 33.7. The lowest BCUT2D eigenvalue weighted by Crippen LogP contribution is -2.38. The zero-order valence-corrected chi connectivity index (χ0v) is 16.5. The fourth-order valence-corrected chi connectivity index (χ4v) is 4.60. The van der Waals surface area contributed by atoms with Gasteiger partial charge in [0.2, 0.25) is 0 Å². The van der Waals surface area contributed by atoms with Gasteiger partial charge in [-0.25, -0.2) is 8.42 Å². The SMILES string of the molecule is CCN1CCOC(c2ccc(NS(=O)(=O)c3cccc(Cl)c3C)cc2)C1. The smallest absolute Gasteiger partial charge is 0.262 e. The van der Waals surface area contributed by atoms with Crippen molar-refractivity contribution in [2.45, 2.75) is 24.8 Å². The van der Waals surface area contributed by atoms with Crippen LogP contribution in [0, 0.1) is 6.92 Å². The molecule has 0 bridgehead atoms. The number of likely N-dealkylation sites (N-methyl/N-ethyl adjacent to an activating group) is 1. The number of rotatable bonds is 5. The van der Waals surface area contributed by atoms with Gasteiger partial charge in [-0.3, -0.25) is 9.62 Å². The van der Waals surface area contributed by atoms with Crippen molar-refractivity contribution in [2.75, 3.05) is 31.0 Å². The first-order valence-electron chi connectivity index (χ1n) is 8.62. The lowest BCUT2D eigenvalue weighted by molar-refractivity contribution is -0.0281. The number of nitrogens with one attached hydrogen (secondary N) is 1. The quantitative estimate of drug-likeness (QED) is 0.836. The zero-order valence-electron chi connectivity index (χ0n) is 14.9. The Morgan fingerprint density at radius 1 is 1.23 bits per heavy atom. The number of nitrogens with zero attached hydrogens (tertiary/aromatic N) is 1. The third kappa shape index (κ3) is 4.20. The van der Waals surface area contributed by atoms with Crippen LogP contribution in [-0.2, 0) is 14.8 Å². The Hall–Kier alpha value is -1.60. The van der Waals surface area contributed by atoms with E-state index in [0.717, 1.165) is 25.2 Å². The van der Waals surface area contributed by atoms with Crippen LogP contribution in [0.25, 0.3) is 0 Å². The number of halogens is 1. The van der Waals surface area contributed by atoms with Crippen LogP contribution < -0.4 is 4.72 Å². The van der Waals surface area contributed by atoms with Gasteiger partial charge in [0, 0.05) is 23.8 Å². The van der Waals surface area contributed by atoms with E-state index in [4.69, 9.17) is 16.3 Å². The van der Waals surface area contributed by atoms with E-state index in [0.29, 0.717) is 22.9 Å². The number of hydrogen-bond donors (Lipinski definition) is 1. The topological polar surface area (TPSA) is 58.6 Å². The maximum Gasteiger partial charge on any atom is 0.262 e. The normalized spacial score (nSPS) is 18.7. The Labute approximate surface area is 160 Å². The maximum atomic E-state index is 12.6. The molecule has 0 aromatic heterocycles. The minimum atomic E-state index is -3.69. The van der Waals surface area contributed by atoms with Crippen molar-refractivity contribution in [3.8, 4) is 0 Å². The fourth-order valence-electron chi connectivity index (χ4n) is 3.05. The van der Waals surface area contributed by atoms with Crippen LogP contribution in [-0.4, -0.2) is 39.6 Å². The van der Waals surface area contributed by atoms with Crippen molar-refractivity contribution < 1.29 is 13.2 Å². The largest absolute Gasteiger partial charge is 0.371 e. The molecule has 1 unspecified atom stereocenters. The number of hydrogen-bond acceptors (Lipinski definition) is 4. The van der Waals surface area contributed by atoms with Gasteiger partial charge in [0.05, 0.1) is 17.6 Å². The summed E-state index contributed by atoms with van der Waals surface area (Å²) in [6, 6.07) is 12.2. The molecule has 0 radical (unpaired) electrons. The van der Waals surface area contributed by atoms with Gasteiger partial charge in [0.25, 0.3) is 10.0 Å². The summed E-state index contributed by atoms with van der Waals surface area (Å²) in [5.41, 5.74) is 2.09. The van der Waals surface area contributed by atoms with Crippen LogP contribution in [0.4, 0.5) is 5.69 Å². The van der Waals surface area contributed by atoms with Crippen molar-refractivity contribution in [2.24, 2.45) is 0 Å².